The average molecular weight is 263 g/mol. The van der Waals surface area contributed by atoms with Crippen molar-refractivity contribution in [2.75, 3.05) is 0 Å². The van der Waals surface area contributed by atoms with Gasteiger partial charge in [-0.1, -0.05) is 17.7 Å². The Morgan fingerprint density at radius 3 is 2.67 bits per heavy atom. The van der Waals surface area contributed by atoms with E-state index in [2.05, 4.69) is 6.07 Å². The van der Waals surface area contributed by atoms with Crippen LogP contribution in [-0.2, 0) is 6.54 Å². The fourth-order valence-corrected chi connectivity index (χ4v) is 2.18. The van der Waals surface area contributed by atoms with Gasteiger partial charge in [0.05, 0.1) is 6.54 Å². The molecule has 92 valence electrons. The second kappa shape index (κ2) is 4.83. The van der Waals surface area contributed by atoms with E-state index in [-0.39, 0.29) is 5.82 Å². The third-order valence-corrected chi connectivity index (χ3v) is 3.18. The first-order valence-electron chi connectivity index (χ1n) is 5.53. The van der Waals surface area contributed by atoms with Gasteiger partial charge < -0.3 is 4.57 Å². The molecule has 0 N–H and O–H groups in total. The molecule has 0 unspecified atom stereocenters. The highest BCUT2D eigenvalue weighted by molar-refractivity contribution is 6.30. The van der Waals surface area contributed by atoms with Crippen molar-refractivity contribution in [3.05, 3.63) is 57.6 Å². The quantitative estimate of drug-likeness (QED) is 0.809. The maximum absolute atomic E-state index is 13.7. The monoisotopic (exact) mass is 262 g/mol. The minimum Gasteiger partial charge on any atom is -0.332 e. The second-order valence-corrected chi connectivity index (χ2v) is 4.69. The van der Waals surface area contributed by atoms with Gasteiger partial charge in [-0.3, -0.25) is 0 Å². The summed E-state index contributed by atoms with van der Waals surface area (Å²) in [7, 11) is 0. The minimum absolute atomic E-state index is 0.339. The molecule has 0 amide bonds. The first kappa shape index (κ1) is 12.7. The number of rotatable bonds is 2. The van der Waals surface area contributed by atoms with Crippen LogP contribution in [0.25, 0.3) is 0 Å². The van der Waals surface area contributed by atoms with Crippen molar-refractivity contribution >= 4 is 11.6 Å². The van der Waals surface area contributed by atoms with Gasteiger partial charge in [0.25, 0.3) is 0 Å². The Balaban J connectivity index is 2.43. The van der Waals surface area contributed by atoms with E-state index in [9.17, 15) is 4.39 Å². The summed E-state index contributed by atoms with van der Waals surface area (Å²) < 4.78 is 15.5. The van der Waals surface area contributed by atoms with Crippen molar-refractivity contribution < 1.29 is 4.39 Å². The smallest absolute Gasteiger partial charge is 0.129 e. The largest absolute Gasteiger partial charge is 0.332 e. The van der Waals surface area contributed by atoms with Crippen LogP contribution < -0.4 is 0 Å². The van der Waals surface area contributed by atoms with E-state index < -0.39 is 0 Å². The number of hydrogen-bond acceptors (Lipinski definition) is 1. The zero-order valence-corrected chi connectivity index (χ0v) is 10.9. The molecule has 1 aromatic heterocycles. The molecule has 2 nitrogen and oxygen atoms in total. The molecule has 0 saturated heterocycles. The van der Waals surface area contributed by atoms with Gasteiger partial charge in [0.2, 0.25) is 0 Å². The third-order valence-electron chi connectivity index (χ3n) is 2.94. The third kappa shape index (κ3) is 2.25. The van der Waals surface area contributed by atoms with Crippen molar-refractivity contribution in [1.82, 2.24) is 4.57 Å². The Morgan fingerprint density at radius 2 is 2.06 bits per heavy atom. The molecule has 0 saturated carbocycles. The van der Waals surface area contributed by atoms with Crippen LogP contribution in [0.1, 0.15) is 22.5 Å². The molecular weight excluding hydrogens is 251 g/mol. The van der Waals surface area contributed by atoms with Crippen LogP contribution in [0.3, 0.4) is 0 Å². The number of aryl methyl sites for hydroxylation is 2. The second-order valence-electron chi connectivity index (χ2n) is 4.25. The minimum atomic E-state index is -0.350. The number of halogens is 2. The maximum Gasteiger partial charge on any atom is 0.129 e. The molecule has 2 aromatic rings. The molecular formula is C14H12ClFN2. The molecule has 0 aliphatic rings. The molecule has 0 aliphatic carbocycles. The molecule has 1 aromatic carbocycles. The summed E-state index contributed by atoms with van der Waals surface area (Å²) in [5, 5.41) is 9.49. The molecule has 0 spiro atoms. The average Bonchev–Trinajstić information content (AvgIpc) is 2.57. The number of nitrogens with zero attached hydrogens (tertiary/aromatic N) is 2. The van der Waals surface area contributed by atoms with Crippen LogP contribution >= 0.6 is 11.6 Å². The zero-order valence-electron chi connectivity index (χ0n) is 10.2. The van der Waals surface area contributed by atoms with Gasteiger partial charge >= 0.3 is 0 Å². The van der Waals surface area contributed by atoms with Gasteiger partial charge in [-0.25, -0.2) is 4.39 Å². The van der Waals surface area contributed by atoms with E-state index in [0.717, 1.165) is 11.3 Å². The van der Waals surface area contributed by atoms with Crippen molar-refractivity contribution in [3.63, 3.8) is 0 Å². The van der Waals surface area contributed by atoms with E-state index >= 15 is 0 Å². The molecule has 4 heteroatoms. The highest BCUT2D eigenvalue weighted by atomic mass is 35.5. The van der Waals surface area contributed by atoms with Crippen molar-refractivity contribution in [2.24, 2.45) is 0 Å². The number of hydrogen-bond donors (Lipinski definition) is 0. The molecule has 0 fully saturated rings. The van der Waals surface area contributed by atoms with Gasteiger partial charge in [0, 0.05) is 16.3 Å². The van der Waals surface area contributed by atoms with E-state index in [1.165, 1.54) is 6.07 Å². The van der Waals surface area contributed by atoms with Crippen molar-refractivity contribution in [3.8, 4) is 6.07 Å². The molecule has 18 heavy (non-hydrogen) atoms. The lowest BCUT2D eigenvalue weighted by Gasteiger charge is -2.09. The highest BCUT2D eigenvalue weighted by Crippen LogP contribution is 2.19. The summed E-state index contributed by atoms with van der Waals surface area (Å²) in [4.78, 5) is 0. The van der Waals surface area contributed by atoms with Gasteiger partial charge in [-0.15, -0.1) is 0 Å². The summed E-state index contributed by atoms with van der Waals surface area (Å²) in [6.45, 7) is 4.12. The van der Waals surface area contributed by atoms with E-state index in [1.807, 2.05) is 24.5 Å². The Hall–Kier alpha value is -1.79. The summed E-state index contributed by atoms with van der Waals surface area (Å²) in [6, 6.07) is 8.66. The van der Waals surface area contributed by atoms with Crippen LogP contribution in [0, 0.1) is 31.0 Å². The highest BCUT2D eigenvalue weighted by Gasteiger charge is 2.11. The fourth-order valence-electron chi connectivity index (χ4n) is 2.02. The van der Waals surface area contributed by atoms with Crippen LogP contribution in [0.2, 0.25) is 5.02 Å². The van der Waals surface area contributed by atoms with Crippen LogP contribution in [-0.4, -0.2) is 4.57 Å². The number of aromatic nitrogens is 1. The maximum atomic E-state index is 13.7. The van der Waals surface area contributed by atoms with Gasteiger partial charge in [-0.05, 0) is 37.6 Å². The normalized spacial score (nSPS) is 10.4. The Morgan fingerprint density at radius 1 is 1.33 bits per heavy atom. The summed E-state index contributed by atoms with van der Waals surface area (Å²) in [5.41, 5.74) is 2.94. The Bertz CT molecular complexity index is 638. The van der Waals surface area contributed by atoms with Gasteiger partial charge in [0.15, 0.2) is 0 Å². The van der Waals surface area contributed by atoms with Crippen LogP contribution in [0.4, 0.5) is 4.39 Å². The first-order valence-corrected chi connectivity index (χ1v) is 5.91. The summed E-state index contributed by atoms with van der Waals surface area (Å²) >= 11 is 5.71. The molecule has 2 rings (SSSR count). The van der Waals surface area contributed by atoms with E-state index in [4.69, 9.17) is 16.9 Å². The van der Waals surface area contributed by atoms with Gasteiger partial charge in [-0.2, -0.15) is 5.26 Å². The molecule has 0 atom stereocenters. The first-order chi connectivity index (χ1) is 8.52. The lowest BCUT2D eigenvalue weighted by molar-refractivity contribution is 0.597. The topological polar surface area (TPSA) is 28.7 Å². The number of nitriles is 1. The predicted octanol–water partition coefficient (Wildman–Crippen LogP) is 3.82. The van der Waals surface area contributed by atoms with Gasteiger partial charge in [0.1, 0.15) is 17.6 Å². The molecule has 0 bridgehead atoms. The molecule has 0 radical (unpaired) electrons. The molecule has 0 aliphatic heterocycles. The Kier molecular flexibility index (Phi) is 3.40. The fraction of sp³-hybridized carbons (Fsp3) is 0.214. The summed E-state index contributed by atoms with van der Waals surface area (Å²) in [6.07, 6.45) is 0. The standard InChI is InChI=1S/C14H12ClFN2/c1-9-5-10(2)18(14(9)7-17)8-11-3-4-12(15)6-13(11)16/h3-6H,8H2,1-2H3. The van der Waals surface area contributed by atoms with Crippen molar-refractivity contribution in [2.45, 2.75) is 20.4 Å². The van der Waals surface area contributed by atoms with Crippen molar-refractivity contribution in [1.29, 1.82) is 5.26 Å². The SMILES string of the molecule is Cc1cc(C)n(Cc2ccc(Cl)cc2F)c1C#N. The van der Waals surface area contributed by atoms with Crippen LogP contribution in [0.5, 0.6) is 0 Å². The molecule has 1 heterocycles. The lowest BCUT2D eigenvalue weighted by atomic mass is 10.2. The predicted molar refractivity (Wildman–Crippen MR) is 69.1 cm³/mol. The van der Waals surface area contributed by atoms with E-state index in [1.54, 1.807) is 12.1 Å². The van der Waals surface area contributed by atoms with E-state index in [0.29, 0.717) is 22.8 Å². The number of benzene rings is 1. The Labute approximate surface area is 110 Å². The summed E-state index contributed by atoms with van der Waals surface area (Å²) in [5.74, 6) is -0.350. The zero-order chi connectivity index (χ0) is 13.3. The van der Waals surface area contributed by atoms with Crippen LogP contribution in [0.15, 0.2) is 24.3 Å². The lowest BCUT2D eigenvalue weighted by Crippen LogP contribution is -2.06.